The number of carbonyl (C=O) groups is 1. The molecular weight excluding hydrogens is 510 g/mol. The van der Waals surface area contributed by atoms with Gasteiger partial charge < -0.3 is 25.4 Å². The first kappa shape index (κ1) is 34.3. The Labute approximate surface area is 249 Å². The number of aliphatic hydroxyl groups is 1. The molecule has 0 amide bonds. The number of aryl methyl sites for hydroxylation is 2. The Morgan fingerprint density at radius 3 is 2.54 bits per heavy atom. The molecule has 0 bridgehead atoms. The Morgan fingerprint density at radius 1 is 1.27 bits per heavy atom. The summed E-state index contributed by atoms with van der Waals surface area (Å²) in [6.45, 7) is 14.3. The van der Waals surface area contributed by atoms with Gasteiger partial charge >= 0.3 is 0 Å². The topological polar surface area (TPSA) is 89.3 Å². The van der Waals surface area contributed by atoms with Crippen molar-refractivity contribution < 1.29 is 9.90 Å². The van der Waals surface area contributed by atoms with Crippen LogP contribution in [0.4, 0.5) is 5.69 Å². The quantitative estimate of drug-likeness (QED) is 0.110. The predicted octanol–water partition coefficient (Wildman–Crippen LogP) is 6.52. The minimum atomic E-state index is 0.296. The predicted molar refractivity (Wildman–Crippen MR) is 175 cm³/mol. The number of rotatable bonds is 13. The number of nitrogens with one attached hydrogen (secondary N) is 2. The number of dihydropyridines is 1. The van der Waals surface area contributed by atoms with Crippen molar-refractivity contribution in [2.45, 2.75) is 85.1 Å². The molecule has 3 N–H and O–H groups in total. The van der Waals surface area contributed by atoms with E-state index in [-0.39, 0.29) is 0 Å². The zero-order valence-electron chi connectivity index (χ0n) is 26.4. The van der Waals surface area contributed by atoms with Crippen molar-refractivity contribution in [3.05, 3.63) is 53.3 Å². The van der Waals surface area contributed by atoms with Crippen LogP contribution in [0.2, 0.25) is 0 Å². The Balaban J connectivity index is 0.000000410. The van der Waals surface area contributed by atoms with E-state index in [0.717, 1.165) is 50.6 Å². The van der Waals surface area contributed by atoms with Gasteiger partial charge in [0.25, 0.3) is 0 Å². The fourth-order valence-electron chi connectivity index (χ4n) is 5.82. The number of amidine groups is 1. The second-order valence-corrected chi connectivity index (χ2v) is 11.8. The second-order valence-electron chi connectivity index (χ2n) is 11.8. The zero-order chi connectivity index (χ0) is 30.2. The van der Waals surface area contributed by atoms with Crippen LogP contribution in [0.3, 0.4) is 0 Å². The summed E-state index contributed by atoms with van der Waals surface area (Å²) in [6.07, 6.45) is 16.4. The van der Waals surface area contributed by atoms with Gasteiger partial charge in [-0.05, 0) is 87.8 Å². The number of nitrogens with zero attached hydrogens (tertiary/aromatic N) is 3. The van der Waals surface area contributed by atoms with E-state index in [2.05, 4.69) is 96.6 Å². The molecule has 0 radical (unpaired) electrons. The fraction of sp³-hybridized carbons (Fsp3) is 0.618. The largest absolute Gasteiger partial charge is 0.400 e. The molecule has 0 saturated heterocycles. The summed E-state index contributed by atoms with van der Waals surface area (Å²) >= 11 is 0. The van der Waals surface area contributed by atoms with E-state index in [1.165, 1.54) is 61.0 Å². The second kappa shape index (κ2) is 18.5. The average Bonchev–Trinajstić information content (AvgIpc) is 3.80. The minimum absolute atomic E-state index is 0.296. The number of aldehydes is 1. The van der Waals surface area contributed by atoms with E-state index in [9.17, 15) is 4.79 Å². The first-order valence-electron chi connectivity index (χ1n) is 15.4. The highest BCUT2D eigenvalue weighted by Gasteiger charge is 2.41. The molecule has 0 aromatic heterocycles. The number of aliphatic hydroxyl groups excluding tert-OH is 1. The smallest absolute Gasteiger partial charge is 0.130 e. The Morgan fingerprint density at radius 2 is 2.00 bits per heavy atom. The van der Waals surface area contributed by atoms with Gasteiger partial charge in [-0.2, -0.15) is 5.10 Å². The summed E-state index contributed by atoms with van der Waals surface area (Å²) in [5.74, 6) is 3.55. The van der Waals surface area contributed by atoms with Crippen LogP contribution >= 0.6 is 0 Å². The molecule has 1 aromatic carbocycles. The van der Waals surface area contributed by atoms with Gasteiger partial charge in [0.1, 0.15) is 12.1 Å². The molecule has 1 heterocycles. The van der Waals surface area contributed by atoms with E-state index in [0.29, 0.717) is 24.3 Å². The number of hydrogen-bond acceptors (Lipinski definition) is 6. The SMILES string of the molecule is C=N/N=C(/C1CC(CC(C)CC)C1)N(CC(CC=O)CC1=CC=CCN1)C1CC1.CNc1ccc(C)cc1C.CO. The van der Waals surface area contributed by atoms with Crippen molar-refractivity contribution in [2.24, 2.45) is 33.9 Å². The van der Waals surface area contributed by atoms with Crippen LogP contribution in [0.25, 0.3) is 0 Å². The van der Waals surface area contributed by atoms with Crippen LogP contribution in [-0.4, -0.2) is 62.1 Å². The van der Waals surface area contributed by atoms with Crippen LogP contribution in [0.15, 0.2) is 52.3 Å². The lowest BCUT2D eigenvalue weighted by atomic mass is 9.70. The third-order valence-corrected chi connectivity index (χ3v) is 8.41. The van der Waals surface area contributed by atoms with Crippen LogP contribution in [0.1, 0.15) is 76.3 Å². The number of allylic oxidation sites excluding steroid dienone is 3. The zero-order valence-corrected chi connectivity index (χ0v) is 26.4. The summed E-state index contributed by atoms with van der Waals surface area (Å²) in [4.78, 5) is 13.8. The fourth-order valence-corrected chi connectivity index (χ4v) is 5.82. The van der Waals surface area contributed by atoms with E-state index in [1.54, 1.807) is 0 Å². The molecule has 0 spiro atoms. The minimum Gasteiger partial charge on any atom is -0.400 e. The van der Waals surface area contributed by atoms with Gasteiger partial charge in [0.2, 0.25) is 0 Å². The highest BCUT2D eigenvalue weighted by atomic mass is 16.2. The highest BCUT2D eigenvalue weighted by Crippen LogP contribution is 2.42. The lowest BCUT2D eigenvalue weighted by Crippen LogP contribution is -2.45. The van der Waals surface area contributed by atoms with Crippen molar-refractivity contribution in [1.29, 1.82) is 0 Å². The molecule has 2 fully saturated rings. The molecule has 7 nitrogen and oxygen atoms in total. The van der Waals surface area contributed by atoms with Crippen LogP contribution in [-0.2, 0) is 4.79 Å². The maximum atomic E-state index is 11.4. The number of benzene rings is 1. The molecule has 1 aromatic rings. The third-order valence-electron chi connectivity index (χ3n) is 8.41. The van der Waals surface area contributed by atoms with Crippen LogP contribution < -0.4 is 10.6 Å². The Kier molecular flexibility index (Phi) is 15.5. The molecule has 41 heavy (non-hydrogen) atoms. The van der Waals surface area contributed by atoms with E-state index < -0.39 is 0 Å². The van der Waals surface area contributed by atoms with Crippen molar-refractivity contribution in [3.8, 4) is 0 Å². The van der Waals surface area contributed by atoms with Gasteiger partial charge in [-0.1, -0.05) is 50.1 Å². The molecule has 2 unspecified atom stereocenters. The Hall–Kier alpha value is -2.93. The lowest BCUT2D eigenvalue weighted by molar-refractivity contribution is -0.108. The maximum absolute atomic E-state index is 11.4. The van der Waals surface area contributed by atoms with E-state index >= 15 is 0 Å². The highest BCUT2D eigenvalue weighted by molar-refractivity contribution is 5.86. The van der Waals surface area contributed by atoms with Crippen LogP contribution in [0.5, 0.6) is 0 Å². The molecule has 7 heteroatoms. The van der Waals surface area contributed by atoms with Gasteiger partial charge in [0.05, 0.1) is 0 Å². The first-order valence-corrected chi connectivity index (χ1v) is 15.4. The van der Waals surface area contributed by atoms with Crippen molar-refractivity contribution in [2.75, 3.05) is 32.6 Å². The summed E-state index contributed by atoms with van der Waals surface area (Å²) in [5.41, 5.74) is 5.07. The summed E-state index contributed by atoms with van der Waals surface area (Å²) < 4.78 is 0. The van der Waals surface area contributed by atoms with Gasteiger partial charge in [0.15, 0.2) is 0 Å². The molecule has 1 aliphatic heterocycles. The van der Waals surface area contributed by atoms with Gasteiger partial charge in [-0.3, -0.25) is 0 Å². The molecule has 4 rings (SSSR count). The van der Waals surface area contributed by atoms with Crippen LogP contribution in [0, 0.1) is 37.5 Å². The molecule has 2 aliphatic carbocycles. The Bertz CT molecular complexity index is 1020. The van der Waals surface area contributed by atoms with E-state index in [1.807, 2.05) is 7.05 Å². The van der Waals surface area contributed by atoms with E-state index in [4.69, 9.17) is 5.11 Å². The summed E-state index contributed by atoms with van der Waals surface area (Å²) in [7, 11) is 2.94. The number of carbonyl (C=O) groups excluding carboxylic acids is 1. The lowest BCUT2D eigenvalue weighted by Gasteiger charge is -2.42. The summed E-state index contributed by atoms with van der Waals surface area (Å²) in [6, 6.07) is 6.95. The maximum Gasteiger partial charge on any atom is 0.130 e. The number of anilines is 1. The van der Waals surface area contributed by atoms with Crippen molar-refractivity contribution in [3.63, 3.8) is 0 Å². The standard InChI is InChI=1S/C24H38N4O.C9H13N.CH4O/c1-4-18(2)13-20-14-21(15-20)24(27-25-3)28(23-8-9-23)17-19(10-12-29)16-22-7-5-6-11-26-22;1-7-4-5-9(10-3)8(2)6-7;1-2/h5-7,12,18-21,23,26H,3-4,8-11,13-17H2,1-2H3;4-6,10H,1-3H3;2H,1H3/b27-24-;;. The van der Waals surface area contributed by atoms with Gasteiger partial charge in [0, 0.05) is 63.7 Å². The molecular formula is C34H55N5O2. The molecule has 2 saturated carbocycles. The molecule has 2 atom stereocenters. The molecule has 228 valence electrons. The third kappa shape index (κ3) is 11.5. The molecule has 3 aliphatic rings. The first-order chi connectivity index (χ1) is 19.9. The van der Waals surface area contributed by atoms with Crippen molar-refractivity contribution in [1.82, 2.24) is 10.2 Å². The monoisotopic (exact) mass is 565 g/mol. The van der Waals surface area contributed by atoms with Gasteiger partial charge in [-0.25, -0.2) is 0 Å². The normalized spacial score (nSPS) is 20.9. The summed E-state index contributed by atoms with van der Waals surface area (Å²) in [5, 5.41) is 22.0. The average molecular weight is 566 g/mol. The van der Waals surface area contributed by atoms with Gasteiger partial charge in [-0.15, -0.1) is 5.10 Å². The van der Waals surface area contributed by atoms with Crippen molar-refractivity contribution >= 4 is 24.5 Å². The number of hydrogen-bond donors (Lipinski definition) is 3.